The molecule has 0 saturated heterocycles. The molecule has 6 nitrogen and oxygen atoms in total. The predicted octanol–water partition coefficient (Wildman–Crippen LogP) is 5.63. The average Bonchev–Trinajstić information content (AvgIpc) is 3.12. The van der Waals surface area contributed by atoms with Gasteiger partial charge in [0.05, 0.1) is 27.3 Å². The van der Waals surface area contributed by atoms with Gasteiger partial charge in [-0.15, -0.1) is 0 Å². The first-order valence-electron chi connectivity index (χ1n) is 8.13. The number of nitrogens with one attached hydrogen (secondary N) is 1. The van der Waals surface area contributed by atoms with Crippen molar-refractivity contribution in [3.05, 3.63) is 61.4 Å². The molecular weight excluding hydrogens is 470 g/mol. The van der Waals surface area contributed by atoms with Gasteiger partial charge < -0.3 is 5.32 Å². The number of aromatic nitrogens is 4. The Balaban J connectivity index is 1.70. The van der Waals surface area contributed by atoms with Gasteiger partial charge in [-0.2, -0.15) is 10.2 Å². The van der Waals surface area contributed by atoms with E-state index in [1.807, 2.05) is 0 Å². The van der Waals surface area contributed by atoms with Crippen molar-refractivity contribution in [1.29, 1.82) is 0 Å². The van der Waals surface area contributed by atoms with Gasteiger partial charge in [0.1, 0.15) is 17.3 Å². The summed E-state index contributed by atoms with van der Waals surface area (Å²) in [7, 11) is 0. The molecule has 0 saturated carbocycles. The molecule has 29 heavy (non-hydrogen) atoms. The normalized spacial score (nSPS) is 11.3. The molecular formula is C17H13Cl4F2N5O. The van der Waals surface area contributed by atoms with Gasteiger partial charge >= 0.3 is 0 Å². The molecule has 2 aromatic heterocycles. The lowest BCUT2D eigenvalue weighted by Gasteiger charge is -2.05. The fourth-order valence-corrected chi connectivity index (χ4v) is 3.27. The Morgan fingerprint density at radius 3 is 2.48 bits per heavy atom. The van der Waals surface area contributed by atoms with Crippen LogP contribution in [0.3, 0.4) is 0 Å². The van der Waals surface area contributed by atoms with Gasteiger partial charge in [-0.1, -0.05) is 52.5 Å². The highest BCUT2D eigenvalue weighted by atomic mass is 35.5. The third-order valence-corrected chi connectivity index (χ3v) is 5.44. The molecule has 0 unspecified atom stereocenters. The van der Waals surface area contributed by atoms with Crippen molar-refractivity contribution in [2.75, 3.05) is 5.32 Å². The molecule has 1 aromatic carbocycles. The van der Waals surface area contributed by atoms with Crippen LogP contribution < -0.4 is 5.32 Å². The van der Waals surface area contributed by atoms with E-state index in [1.54, 1.807) is 18.2 Å². The zero-order chi connectivity index (χ0) is 21.3. The molecule has 12 heteroatoms. The number of hydrogen-bond acceptors (Lipinski definition) is 3. The minimum atomic E-state index is -2.84. The van der Waals surface area contributed by atoms with E-state index in [0.717, 1.165) is 10.2 Å². The van der Waals surface area contributed by atoms with Crippen LogP contribution in [0.4, 0.5) is 14.6 Å². The number of benzene rings is 1. The van der Waals surface area contributed by atoms with E-state index < -0.39 is 18.0 Å². The number of amides is 1. The Bertz CT molecular complexity index is 1070. The SMILES string of the molecule is Cc1c(Cl)c(C(F)F)nn1CC(=O)Nc1nn(Cc2ccc(Cl)c(Cl)c2)cc1Cl. The number of carbonyl (C=O) groups excluding carboxylic acids is 1. The third kappa shape index (κ3) is 5.01. The van der Waals surface area contributed by atoms with Crippen LogP contribution in [0.2, 0.25) is 20.1 Å². The van der Waals surface area contributed by atoms with Crippen LogP contribution in [-0.4, -0.2) is 25.5 Å². The van der Waals surface area contributed by atoms with E-state index in [9.17, 15) is 13.6 Å². The summed E-state index contributed by atoms with van der Waals surface area (Å²) in [6.45, 7) is 1.51. The standard InChI is InChI=1S/C17H13Cl4F2N5O/c1-8-14(21)15(16(22)23)25-28(8)7-13(29)24-17-12(20)6-27(26-17)5-9-2-3-10(18)11(19)4-9/h2-4,6,16H,5,7H2,1H3,(H,24,26,29). The summed E-state index contributed by atoms with van der Waals surface area (Å²) in [5.74, 6) is -0.420. The lowest BCUT2D eigenvalue weighted by molar-refractivity contribution is -0.117. The molecule has 0 aliphatic carbocycles. The fourth-order valence-electron chi connectivity index (χ4n) is 2.54. The van der Waals surface area contributed by atoms with E-state index in [-0.39, 0.29) is 28.1 Å². The Hall–Kier alpha value is -1.87. The molecule has 0 fully saturated rings. The predicted molar refractivity (Wildman–Crippen MR) is 108 cm³/mol. The van der Waals surface area contributed by atoms with Crippen LogP contribution in [0, 0.1) is 6.92 Å². The fraction of sp³-hybridized carbons (Fsp3) is 0.235. The van der Waals surface area contributed by atoms with Crippen LogP contribution in [0.25, 0.3) is 0 Å². The zero-order valence-electron chi connectivity index (χ0n) is 14.8. The van der Waals surface area contributed by atoms with Crippen molar-refractivity contribution in [2.24, 2.45) is 0 Å². The molecule has 0 aliphatic heterocycles. The third-order valence-electron chi connectivity index (χ3n) is 3.96. The Morgan fingerprint density at radius 1 is 1.14 bits per heavy atom. The van der Waals surface area contributed by atoms with Crippen molar-refractivity contribution in [2.45, 2.75) is 26.4 Å². The van der Waals surface area contributed by atoms with Crippen molar-refractivity contribution in [3.8, 4) is 0 Å². The largest absolute Gasteiger partial charge is 0.306 e. The Kier molecular flexibility index (Phi) is 6.68. The van der Waals surface area contributed by atoms with Crippen LogP contribution in [0.15, 0.2) is 24.4 Å². The minimum absolute atomic E-state index is 0.127. The van der Waals surface area contributed by atoms with Crippen LogP contribution in [0.5, 0.6) is 0 Å². The Labute approximate surface area is 184 Å². The average molecular weight is 483 g/mol. The first kappa shape index (κ1) is 21.8. The molecule has 154 valence electrons. The number of anilines is 1. The number of alkyl halides is 2. The smallest absolute Gasteiger partial charge is 0.283 e. The minimum Gasteiger partial charge on any atom is -0.306 e. The van der Waals surface area contributed by atoms with Gasteiger partial charge in [0.2, 0.25) is 5.91 Å². The number of halogens is 6. The molecule has 0 atom stereocenters. The summed E-state index contributed by atoms with van der Waals surface area (Å²) >= 11 is 23.9. The second-order valence-corrected chi connectivity index (χ2v) is 7.66. The second-order valence-electron chi connectivity index (χ2n) is 6.06. The molecule has 1 N–H and O–H groups in total. The van der Waals surface area contributed by atoms with E-state index in [1.165, 1.54) is 17.8 Å². The molecule has 3 aromatic rings. The van der Waals surface area contributed by atoms with Crippen molar-refractivity contribution in [3.63, 3.8) is 0 Å². The van der Waals surface area contributed by atoms with Gasteiger partial charge in [-0.3, -0.25) is 14.2 Å². The number of rotatable bonds is 6. The van der Waals surface area contributed by atoms with Gasteiger partial charge in [-0.05, 0) is 24.6 Å². The van der Waals surface area contributed by atoms with E-state index in [2.05, 4.69) is 15.5 Å². The molecule has 2 heterocycles. The lowest BCUT2D eigenvalue weighted by atomic mass is 10.2. The Morgan fingerprint density at radius 2 is 1.86 bits per heavy atom. The maximum absolute atomic E-state index is 12.9. The molecule has 0 radical (unpaired) electrons. The lowest BCUT2D eigenvalue weighted by Crippen LogP contribution is -2.21. The monoisotopic (exact) mass is 481 g/mol. The number of carbonyl (C=O) groups is 1. The summed E-state index contributed by atoms with van der Waals surface area (Å²) in [6, 6.07) is 5.15. The van der Waals surface area contributed by atoms with Crippen molar-refractivity contribution in [1.82, 2.24) is 19.6 Å². The number of nitrogens with zero attached hydrogens (tertiary/aromatic N) is 4. The van der Waals surface area contributed by atoms with Gasteiger partial charge in [0.25, 0.3) is 6.43 Å². The maximum atomic E-state index is 12.9. The zero-order valence-corrected chi connectivity index (χ0v) is 17.8. The van der Waals surface area contributed by atoms with E-state index >= 15 is 0 Å². The maximum Gasteiger partial charge on any atom is 0.283 e. The second kappa shape index (κ2) is 8.87. The summed E-state index contributed by atoms with van der Waals surface area (Å²) < 4.78 is 28.4. The summed E-state index contributed by atoms with van der Waals surface area (Å²) in [4.78, 5) is 12.3. The quantitative estimate of drug-likeness (QED) is 0.495. The molecule has 0 bridgehead atoms. The van der Waals surface area contributed by atoms with Crippen LogP contribution in [0.1, 0.15) is 23.4 Å². The summed E-state index contributed by atoms with van der Waals surface area (Å²) in [5.41, 5.74) is 0.520. The number of hydrogen-bond donors (Lipinski definition) is 1. The van der Waals surface area contributed by atoms with Crippen LogP contribution in [-0.2, 0) is 17.9 Å². The highest BCUT2D eigenvalue weighted by Gasteiger charge is 2.22. The van der Waals surface area contributed by atoms with Crippen LogP contribution >= 0.6 is 46.4 Å². The summed E-state index contributed by atoms with van der Waals surface area (Å²) in [5, 5.41) is 11.3. The van der Waals surface area contributed by atoms with E-state index in [0.29, 0.717) is 16.6 Å². The summed E-state index contributed by atoms with van der Waals surface area (Å²) in [6.07, 6.45) is -1.30. The van der Waals surface area contributed by atoms with Gasteiger partial charge in [-0.25, -0.2) is 8.78 Å². The van der Waals surface area contributed by atoms with Crippen molar-refractivity contribution >= 4 is 58.1 Å². The highest BCUT2D eigenvalue weighted by molar-refractivity contribution is 6.42. The molecule has 3 rings (SSSR count). The molecule has 0 aliphatic rings. The highest BCUT2D eigenvalue weighted by Crippen LogP contribution is 2.29. The molecule has 0 spiro atoms. The van der Waals surface area contributed by atoms with Gasteiger partial charge in [0.15, 0.2) is 5.82 Å². The van der Waals surface area contributed by atoms with Crippen molar-refractivity contribution < 1.29 is 13.6 Å². The molecule has 1 amide bonds. The first-order valence-corrected chi connectivity index (χ1v) is 9.64. The first-order chi connectivity index (χ1) is 13.7. The van der Waals surface area contributed by atoms with Gasteiger partial charge in [0, 0.05) is 6.20 Å². The van der Waals surface area contributed by atoms with E-state index in [4.69, 9.17) is 46.4 Å². The topological polar surface area (TPSA) is 64.7 Å².